The summed E-state index contributed by atoms with van der Waals surface area (Å²) in [6.45, 7) is 9.02. The number of hydrogen-bond acceptors (Lipinski definition) is 6. The number of benzene rings is 1. The highest BCUT2D eigenvalue weighted by molar-refractivity contribution is 6.30. The van der Waals surface area contributed by atoms with Gasteiger partial charge in [-0.3, -0.25) is 19.0 Å². The molecule has 35 heavy (non-hydrogen) atoms. The topological polar surface area (TPSA) is 116 Å². The third-order valence-electron chi connectivity index (χ3n) is 4.52. The molecule has 0 radical (unpaired) electrons. The van der Waals surface area contributed by atoms with Gasteiger partial charge in [-0.05, 0) is 44.5 Å². The third kappa shape index (κ3) is 7.88. The number of carbonyl (C=O) groups excluding carboxylic acids is 2. The van der Waals surface area contributed by atoms with E-state index in [1.165, 1.54) is 24.9 Å². The molecule has 0 saturated heterocycles. The molecule has 0 atom stereocenters. The number of pyridine rings is 2. The van der Waals surface area contributed by atoms with Gasteiger partial charge in [-0.1, -0.05) is 37.6 Å². The van der Waals surface area contributed by atoms with E-state index in [-0.39, 0.29) is 24.3 Å². The van der Waals surface area contributed by atoms with Crippen molar-refractivity contribution in [2.45, 2.75) is 53.3 Å². The molecule has 3 aromatic rings. The molecule has 0 aliphatic rings. The van der Waals surface area contributed by atoms with Crippen LogP contribution >= 0.6 is 11.6 Å². The minimum Gasteiger partial charge on any atom is -0.459 e. The second-order valence-electron chi connectivity index (χ2n) is 8.38. The monoisotopic (exact) mass is 503 g/mol. The fraction of sp³-hybridized carbons (Fsp3) is 0.360. The SMILES string of the molecule is CC.CO[NH2+]c1cnc2c(c1)cc(C(=O)NCc1ccc(Cl)cc1)c(=O)n2CC(=O)OC(C)(C)C. The van der Waals surface area contributed by atoms with E-state index in [0.29, 0.717) is 16.1 Å². The molecule has 9 nitrogen and oxygen atoms in total. The number of nitrogens with two attached hydrogens (primary N) is 1. The Morgan fingerprint density at radius 3 is 2.40 bits per heavy atom. The summed E-state index contributed by atoms with van der Waals surface area (Å²) in [5.74, 6) is -1.19. The quantitative estimate of drug-likeness (QED) is 0.378. The van der Waals surface area contributed by atoms with Crippen LogP contribution in [0.15, 0.2) is 47.4 Å². The van der Waals surface area contributed by atoms with E-state index in [4.69, 9.17) is 21.2 Å². The second-order valence-corrected chi connectivity index (χ2v) is 8.82. The van der Waals surface area contributed by atoms with Gasteiger partial charge < -0.3 is 10.1 Å². The summed E-state index contributed by atoms with van der Waals surface area (Å²) in [6.07, 6.45) is 1.51. The van der Waals surface area contributed by atoms with Crippen molar-refractivity contribution in [3.05, 3.63) is 69.1 Å². The Hall–Kier alpha value is -3.27. The molecule has 0 aliphatic heterocycles. The molecule has 0 fully saturated rings. The summed E-state index contributed by atoms with van der Waals surface area (Å²) in [4.78, 5) is 47.9. The molecule has 0 bridgehead atoms. The van der Waals surface area contributed by atoms with Crippen LogP contribution < -0.4 is 16.4 Å². The molecule has 3 N–H and O–H groups in total. The molecule has 0 spiro atoms. The fourth-order valence-electron chi connectivity index (χ4n) is 3.17. The third-order valence-corrected chi connectivity index (χ3v) is 4.77. The maximum absolute atomic E-state index is 13.2. The van der Waals surface area contributed by atoms with Crippen molar-refractivity contribution in [3.63, 3.8) is 0 Å². The summed E-state index contributed by atoms with van der Waals surface area (Å²) in [7, 11) is 1.50. The van der Waals surface area contributed by atoms with Gasteiger partial charge in [0, 0.05) is 23.0 Å². The van der Waals surface area contributed by atoms with E-state index >= 15 is 0 Å². The Kier molecular flexibility index (Phi) is 9.94. The Balaban J connectivity index is 0.00000210. The van der Waals surface area contributed by atoms with Crippen LogP contribution in [0.1, 0.15) is 50.5 Å². The minimum absolute atomic E-state index is 0.114. The predicted molar refractivity (Wildman–Crippen MR) is 134 cm³/mol. The normalized spacial score (nSPS) is 10.9. The van der Waals surface area contributed by atoms with Gasteiger partial charge in [-0.15, -0.1) is 0 Å². The van der Waals surface area contributed by atoms with Crippen molar-refractivity contribution in [2.75, 3.05) is 7.11 Å². The zero-order valence-corrected chi connectivity index (χ0v) is 21.6. The Bertz CT molecular complexity index is 1230. The summed E-state index contributed by atoms with van der Waals surface area (Å²) < 4.78 is 6.51. The highest BCUT2D eigenvalue weighted by Gasteiger charge is 2.22. The van der Waals surface area contributed by atoms with Crippen LogP contribution in [-0.2, 0) is 27.5 Å². The molecular weight excluding hydrogens is 472 g/mol. The van der Waals surface area contributed by atoms with Crippen LogP contribution in [0.4, 0.5) is 5.69 Å². The standard InChI is InChI=1S/C23H25ClN4O5.C2H6/c1-23(2,3)33-19(29)13-28-20-15(9-17(12-25-20)27-32-4)10-18(22(28)31)21(30)26-11-14-5-7-16(24)8-6-14;1-2/h5-10,12,27H,11,13H2,1-4H3,(H,26,30);1-2H3/p+1. The number of quaternary nitrogens is 1. The lowest BCUT2D eigenvalue weighted by Crippen LogP contribution is -2.75. The van der Waals surface area contributed by atoms with Crippen molar-refractivity contribution in [1.29, 1.82) is 0 Å². The van der Waals surface area contributed by atoms with Crippen molar-refractivity contribution < 1.29 is 24.6 Å². The van der Waals surface area contributed by atoms with E-state index < -0.39 is 23.0 Å². The van der Waals surface area contributed by atoms with E-state index in [9.17, 15) is 14.4 Å². The molecule has 1 aromatic carbocycles. The first-order valence-electron chi connectivity index (χ1n) is 11.2. The van der Waals surface area contributed by atoms with Crippen molar-refractivity contribution >= 4 is 40.2 Å². The summed E-state index contributed by atoms with van der Waals surface area (Å²) in [6, 6.07) is 10.2. The molecule has 3 rings (SSSR count). The molecule has 0 unspecified atom stereocenters. The van der Waals surface area contributed by atoms with Gasteiger partial charge >= 0.3 is 5.97 Å². The number of amides is 1. The number of ether oxygens (including phenoxy) is 1. The number of aromatic nitrogens is 2. The van der Waals surface area contributed by atoms with E-state index in [2.05, 4.69) is 10.3 Å². The number of halogens is 1. The van der Waals surface area contributed by atoms with Crippen LogP contribution in [0.2, 0.25) is 5.02 Å². The lowest BCUT2D eigenvalue weighted by Gasteiger charge is -2.20. The van der Waals surface area contributed by atoms with E-state index in [1.54, 1.807) is 51.1 Å². The predicted octanol–water partition coefficient (Wildman–Crippen LogP) is 3.10. The lowest BCUT2D eigenvalue weighted by atomic mass is 10.1. The lowest BCUT2D eigenvalue weighted by molar-refractivity contribution is -0.830. The number of nitrogens with zero attached hydrogens (tertiary/aromatic N) is 2. The number of fused-ring (bicyclic) bond motifs is 1. The average Bonchev–Trinajstić information content (AvgIpc) is 2.80. The fourth-order valence-corrected chi connectivity index (χ4v) is 3.30. The highest BCUT2D eigenvalue weighted by atomic mass is 35.5. The minimum atomic E-state index is -0.724. The summed E-state index contributed by atoms with van der Waals surface area (Å²) >= 11 is 5.89. The van der Waals surface area contributed by atoms with Crippen molar-refractivity contribution in [2.24, 2.45) is 0 Å². The van der Waals surface area contributed by atoms with Crippen LogP contribution in [-0.4, -0.2) is 34.1 Å². The van der Waals surface area contributed by atoms with Crippen LogP contribution in [0.5, 0.6) is 0 Å². The Morgan fingerprint density at radius 2 is 1.80 bits per heavy atom. The molecule has 2 aromatic heterocycles. The van der Waals surface area contributed by atoms with Crippen LogP contribution in [0.3, 0.4) is 0 Å². The number of hydrogen-bond donors (Lipinski definition) is 2. The van der Waals surface area contributed by atoms with Crippen LogP contribution in [0.25, 0.3) is 11.0 Å². The van der Waals surface area contributed by atoms with Gasteiger partial charge in [0.1, 0.15) is 23.4 Å². The van der Waals surface area contributed by atoms with Gasteiger partial charge in [0.05, 0.1) is 13.3 Å². The van der Waals surface area contributed by atoms with Gasteiger partial charge in [-0.2, -0.15) is 5.48 Å². The molecule has 10 heteroatoms. The van der Waals surface area contributed by atoms with Crippen molar-refractivity contribution in [1.82, 2.24) is 14.9 Å². The molecule has 0 aliphatic carbocycles. The number of esters is 1. The number of carbonyl (C=O) groups is 2. The first-order valence-corrected chi connectivity index (χ1v) is 11.6. The largest absolute Gasteiger partial charge is 0.459 e. The highest BCUT2D eigenvalue weighted by Crippen LogP contribution is 2.16. The Morgan fingerprint density at radius 1 is 1.14 bits per heavy atom. The zero-order valence-electron chi connectivity index (χ0n) is 20.8. The first-order chi connectivity index (χ1) is 16.6. The molecule has 2 heterocycles. The Labute approximate surface area is 209 Å². The van der Waals surface area contributed by atoms with Crippen molar-refractivity contribution in [3.8, 4) is 0 Å². The molecular formula is C25H32ClN4O5+. The van der Waals surface area contributed by atoms with Gasteiger partial charge in [0.15, 0.2) is 5.69 Å². The number of nitrogens with one attached hydrogen (secondary N) is 1. The van der Waals surface area contributed by atoms with E-state index in [0.717, 1.165) is 10.1 Å². The van der Waals surface area contributed by atoms with Crippen LogP contribution in [0, 0.1) is 0 Å². The first kappa shape index (κ1) is 28.0. The average molecular weight is 504 g/mol. The van der Waals surface area contributed by atoms with E-state index in [1.807, 2.05) is 13.8 Å². The van der Waals surface area contributed by atoms with Gasteiger partial charge in [0.25, 0.3) is 11.5 Å². The maximum atomic E-state index is 13.2. The molecule has 1 amide bonds. The smallest absolute Gasteiger partial charge is 0.326 e. The summed E-state index contributed by atoms with van der Waals surface area (Å²) in [5.41, 5.74) is 1.72. The molecule has 0 saturated carbocycles. The van der Waals surface area contributed by atoms with Gasteiger partial charge in [-0.25, -0.2) is 9.82 Å². The zero-order chi connectivity index (χ0) is 26.2. The maximum Gasteiger partial charge on any atom is 0.326 e. The second kappa shape index (κ2) is 12.4. The molecule has 188 valence electrons. The summed E-state index contributed by atoms with van der Waals surface area (Å²) in [5, 5.41) is 3.82. The number of rotatable bonds is 7. The van der Waals surface area contributed by atoms with Gasteiger partial charge in [0.2, 0.25) is 0 Å².